The molecule has 2 aromatic rings. The Morgan fingerprint density at radius 2 is 1.86 bits per heavy atom. The fourth-order valence-electron chi connectivity index (χ4n) is 3.23. The number of benzene rings is 1. The fraction of sp³-hybridized carbons (Fsp3) is 0.250. The van der Waals surface area contributed by atoms with Crippen molar-refractivity contribution in [1.82, 2.24) is 15.8 Å². The van der Waals surface area contributed by atoms with Crippen LogP contribution in [0.15, 0.2) is 47.8 Å². The van der Waals surface area contributed by atoms with E-state index in [0.717, 1.165) is 10.4 Å². The largest absolute Gasteiger partial charge is 0.295 e. The van der Waals surface area contributed by atoms with Gasteiger partial charge in [-0.1, -0.05) is 36.4 Å². The summed E-state index contributed by atoms with van der Waals surface area (Å²) in [4.78, 5) is 25.4. The van der Waals surface area contributed by atoms with E-state index in [9.17, 15) is 9.59 Å². The second kappa shape index (κ2) is 5.31. The van der Waals surface area contributed by atoms with Crippen molar-refractivity contribution in [3.63, 3.8) is 0 Å². The smallest absolute Gasteiger partial charge is 0.246 e. The highest BCUT2D eigenvalue weighted by molar-refractivity contribution is 7.10. The van der Waals surface area contributed by atoms with Crippen LogP contribution < -0.4 is 10.7 Å². The third-order valence-electron chi connectivity index (χ3n) is 4.20. The molecule has 0 radical (unpaired) electrons. The van der Waals surface area contributed by atoms with E-state index in [1.165, 1.54) is 0 Å². The molecule has 2 aliphatic rings. The summed E-state index contributed by atoms with van der Waals surface area (Å²) >= 11 is 1.60. The van der Waals surface area contributed by atoms with Gasteiger partial charge in [0.1, 0.15) is 6.04 Å². The Morgan fingerprint density at radius 1 is 1.05 bits per heavy atom. The third-order valence-corrected chi connectivity index (χ3v) is 5.16. The minimum absolute atomic E-state index is 0.139. The Bertz CT molecular complexity index is 701. The Hall–Kier alpha value is -2.02. The quantitative estimate of drug-likeness (QED) is 0.842. The first-order valence-corrected chi connectivity index (χ1v) is 8.07. The molecule has 0 bridgehead atoms. The SMILES string of the molecule is O=C1NC(=O)[C@H]2[C@@H]1[C@@H](c1cccs1)NN2Cc1ccccc1. The van der Waals surface area contributed by atoms with E-state index in [4.69, 9.17) is 0 Å². The average Bonchev–Trinajstić information content (AvgIpc) is 3.20. The third kappa shape index (κ3) is 2.16. The number of hydrogen-bond acceptors (Lipinski definition) is 5. The minimum atomic E-state index is -0.445. The molecular weight excluding hydrogens is 298 g/mol. The van der Waals surface area contributed by atoms with Crippen molar-refractivity contribution in [3.8, 4) is 0 Å². The predicted molar refractivity (Wildman–Crippen MR) is 82.6 cm³/mol. The van der Waals surface area contributed by atoms with E-state index >= 15 is 0 Å². The number of hydrazine groups is 1. The molecule has 0 aliphatic carbocycles. The summed E-state index contributed by atoms with van der Waals surface area (Å²) in [5.74, 6) is -0.760. The van der Waals surface area contributed by atoms with Crippen LogP contribution in [0.5, 0.6) is 0 Å². The number of rotatable bonds is 3. The van der Waals surface area contributed by atoms with Crippen LogP contribution in [-0.4, -0.2) is 22.9 Å². The van der Waals surface area contributed by atoms with Crippen LogP contribution >= 0.6 is 11.3 Å². The molecule has 1 aromatic carbocycles. The summed E-state index contributed by atoms with van der Waals surface area (Å²) in [6.45, 7) is 0.588. The van der Waals surface area contributed by atoms with Crippen molar-refractivity contribution in [2.75, 3.05) is 0 Å². The van der Waals surface area contributed by atoms with E-state index in [2.05, 4.69) is 10.7 Å². The van der Waals surface area contributed by atoms with Gasteiger partial charge in [-0.15, -0.1) is 11.3 Å². The topological polar surface area (TPSA) is 61.4 Å². The first-order valence-electron chi connectivity index (χ1n) is 7.19. The molecule has 2 saturated heterocycles. The van der Waals surface area contributed by atoms with E-state index in [0.29, 0.717) is 6.54 Å². The van der Waals surface area contributed by atoms with Crippen molar-refractivity contribution in [2.24, 2.45) is 5.92 Å². The van der Waals surface area contributed by atoms with Gasteiger partial charge in [-0.3, -0.25) is 14.9 Å². The van der Waals surface area contributed by atoms with Gasteiger partial charge in [-0.05, 0) is 17.0 Å². The molecule has 6 heteroatoms. The molecule has 112 valence electrons. The predicted octanol–water partition coefficient (Wildman–Crippen LogP) is 1.45. The molecule has 3 heterocycles. The molecular formula is C16H15N3O2S. The van der Waals surface area contributed by atoms with E-state index in [1.54, 1.807) is 11.3 Å². The van der Waals surface area contributed by atoms with Crippen LogP contribution in [0.4, 0.5) is 0 Å². The number of carbonyl (C=O) groups excluding carboxylic acids is 2. The van der Waals surface area contributed by atoms with Gasteiger partial charge in [-0.25, -0.2) is 10.4 Å². The lowest BCUT2D eigenvalue weighted by molar-refractivity contribution is -0.127. The molecule has 3 atom stereocenters. The lowest BCUT2D eigenvalue weighted by Gasteiger charge is -2.21. The van der Waals surface area contributed by atoms with Crippen molar-refractivity contribution in [1.29, 1.82) is 0 Å². The van der Waals surface area contributed by atoms with Crippen molar-refractivity contribution in [2.45, 2.75) is 18.6 Å². The van der Waals surface area contributed by atoms with Crippen molar-refractivity contribution < 1.29 is 9.59 Å². The zero-order chi connectivity index (χ0) is 15.1. The number of imide groups is 1. The number of nitrogens with zero attached hydrogens (tertiary/aromatic N) is 1. The summed E-state index contributed by atoms with van der Waals surface area (Å²) in [7, 11) is 0. The van der Waals surface area contributed by atoms with Gasteiger partial charge in [-0.2, -0.15) is 0 Å². The highest BCUT2D eigenvalue weighted by atomic mass is 32.1. The summed E-state index contributed by atoms with van der Waals surface area (Å²) in [5.41, 5.74) is 4.47. The summed E-state index contributed by atoms with van der Waals surface area (Å²) in [6.07, 6.45) is 0. The number of carbonyl (C=O) groups is 2. The molecule has 2 fully saturated rings. The van der Waals surface area contributed by atoms with Gasteiger partial charge in [0.15, 0.2) is 0 Å². The van der Waals surface area contributed by atoms with Gasteiger partial charge < -0.3 is 0 Å². The summed E-state index contributed by atoms with van der Waals surface area (Å²) in [6, 6.07) is 13.3. The molecule has 2 N–H and O–H groups in total. The zero-order valence-electron chi connectivity index (χ0n) is 11.7. The maximum Gasteiger partial charge on any atom is 0.246 e. The first-order chi connectivity index (χ1) is 10.7. The van der Waals surface area contributed by atoms with Crippen LogP contribution in [0.25, 0.3) is 0 Å². The normalized spacial score (nSPS) is 27.9. The van der Waals surface area contributed by atoms with Gasteiger partial charge in [0.25, 0.3) is 0 Å². The molecule has 0 unspecified atom stereocenters. The van der Waals surface area contributed by atoms with Crippen LogP contribution in [0.3, 0.4) is 0 Å². The Kier molecular flexibility index (Phi) is 3.29. The number of nitrogens with one attached hydrogen (secondary N) is 2. The fourth-order valence-corrected chi connectivity index (χ4v) is 4.04. The second-order valence-electron chi connectivity index (χ2n) is 5.56. The molecule has 5 nitrogen and oxygen atoms in total. The van der Waals surface area contributed by atoms with Gasteiger partial charge in [0.2, 0.25) is 11.8 Å². The van der Waals surface area contributed by atoms with Crippen LogP contribution in [0, 0.1) is 5.92 Å². The molecule has 2 amide bonds. The summed E-state index contributed by atoms with van der Waals surface area (Å²) in [5, 5.41) is 6.35. The minimum Gasteiger partial charge on any atom is -0.295 e. The molecule has 4 rings (SSSR count). The number of amides is 2. The molecule has 0 spiro atoms. The van der Waals surface area contributed by atoms with Gasteiger partial charge >= 0.3 is 0 Å². The van der Waals surface area contributed by atoms with Crippen molar-refractivity contribution >= 4 is 23.2 Å². The Balaban J connectivity index is 1.65. The Morgan fingerprint density at radius 3 is 2.59 bits per heavy atom. The highest BCUT2D eigenvalue weighted by Gasteiger charge is 2.55. The van der Waals surface area contributed by atoms with E-state index in [-0.39, 0.29) is 23.8 Å². The maximum atomic E-state index is 12.2. The first kappa shape index (κ1) is 13.6. The van der Waals surface area contributed by atoms with Gasteiger partial charge in [0.05, 0.1) is 12.0 Å². The summed E-state index contributed by atoms with van der Waals surface area (Å²) < 4.78 is 0. The number of hydrogen-bond donors (Lipinski definition) is 2. The standard InChI is InChI=1S/C16H15N3O2S/c20-15-12-13(11-7-4-8-22-11)18-19(14(12)16(21)17-15)9-10-5-2-1-3-6-10/h1-8,12-14,18H,9H2,(H,17,20,21)/t12-,13+,14+/m0/s1. The van der Waals surface area contributed by atoms with Crippen molar-refractivity contribution in [3.05, 3.63) is 58.3 Å². The van der Waals surface area contributed by atoms with E-state index in [1.807, 2.05) is 52.9 Å². The lowest BCUT2D eigenvalue weighted by atomic mass is 9.95. The number of thiophene rings is 1. The monoisotopic (exact) mass is 313 g/mol. The highest BCUT2D eigenvalue weighted by Crippen LogP contribution is 2.39. The number of fused-ring (bicyclic) bond motifs is 1. The lowest BCUT2D eigenvalue weighted by Crippen LogP contribution is -2.43. The Labute approximate surface area is 131 Å². The molecule has 1 aromatic heterocycles. The van der Waals surface area contributed by atoms with Crippen LogP contribution in [0.1, 0.15) is 16.5 Å². The van der Waals surface area contributed by atoms with Gasteiger partial charge in [0, 0.05) is 11.4 Å². The van der Waals surface area contributed by atoms with Crippen LogP contribution in [-0.2, 0) is 16.1 Å². The average molecular weight is 313 g/mol. The maximum absolute atomic E-state index is 12.2. The van der Waals surface area contributed by atoms with Crippen LogP contribution in [0.2, 0.25) is 0 Å². The molecule has 22 heavy (non-hydrogen) atoms. The molecule has 2 aliphatic heterocycles. The molecule has 0 saturated carbocycles. The second-order valence-corrected chi connectivity index (χ2v) is 6.54. The van der Waals surface area contributed by atoms with E-state index < -0.39 is 6.04 Å². The zero-order valence-corrected chi connectivity index (χ0v) is 12.5.